The Balaban J connectivity index is 2.41. The minimum Gasteiger partial charge on any atom is -0.378 e. The normalized spacial score (nSPS) is 34.3. The first-order valence-corrected chi connectivity index (χ1v) is 3.10. The highest BCUT2D eigenvalue weighted by atomic mass is 19.3. The van der Waals surface area contributed by atoms with E-state index in [9.17, 15) is 8.78 Å². The molecule has 0 aromatic heterocycles. The zero-order chi connectivity index (χ0) is 6.91. The molecule has 0 aliphatic carbocycles. The van der Waals surface area contributed by atoms with Crippen LogP contribution in [0, 0.1) is 0 Å². The molecule has 1 heterocycles. The van der Waals surface area contributed by atoms with E-state index in [0.29, 0.717) is 0 Å². The molecule has 0 unspecified atom stereocenters. The first-order valence-electron chi connectivity index (χ1n) is 3.10. The standard InChI is InChI=1S/C6H10F2O/c1-5-4-6(7,8)2-3-9-5/h5H,2-4H2,1H3/t5-/m0/s1. The van der Waals surface area contributed by atoms with Crippen LogP contribution in [-0.4, -0.2) is 18.6 Å². The van der Waals surface area contributed by atoms with Crippen LogP contribution in [0.3, 0.4) is 0 Å². The molecule has 1 fully saturated rings. The maximum absolute atomic E-state index is 12.4. The van der Waals surface area contributed by atoms with Crippen molar-refractivity contribution in [3.63, 3.8) is 0 Å². The van der Waals surface area contributed by atoms with Crippen LogP contribution in [-0.2, 0) is 4.74 Å². The van der Waals surface area contributed by atoms with Gasteiger partial charge in [-0.2, -0.15) is 0 Å². The number of rotatable bonds is 0. The summed E-state index contributed by atoms with van der Waals surface area (Å²) in [6, 6.07) is 0. The van der Waals surface area contributed by atoms with Gasteiger partial charge in [0.2, 0.25) is 0 Å². The molecule has 0 amide bonds. The van der Waals surface area contributed by atoms with Gasteiger partial charge in [-0.25, -0.2) is 8.78 Å². The van der Waals surface area contributed by atoms with E-state index in [1.807, 2.05) is 0 Å². The van der Waals surface area contributed by atoms with Gasteiger partial charge in [-0.3, -0.25) is 0 Å². The molecule has 54 valence electrons. The molecule has 3 heteroatoms. The Morgan fingerprint density at radius 2 is 2.22 bits per heavy atom. The summed E-state index contributed by atoms with van der Waals surface area (Å²) in [5, 5.41) is 0. The van der Waals surface area contributed by atoms with Gasteiger partial charge < -0.3 is 4.74 Å². The van der Waals surface area contributed by atoms with Crippen molar-refractivity contribution < 1.29 is 13.5 Å². The monoisotopic (exact) mass is 136 g/mol. The third-order valence-corrected chi connectivity index (χ3v) is 1.46. The summed E-state index contributed by atoms with van der Waals surface area (Å²) in [4.78, 5) is 0. The molecule has 1 atom stereocenters. The third kappa shape index (κ3) is 1.90. The molecule has 1 rings (SSSR count). The zero-order valence-corrected chi connectivity index (χ0v) is 5.36. The molecular formula is C6H10F2O. The molecule has 0 saturated carbocycles. The topological polar surface area (TPSA) is 9.23 Å². The molecule has 1 aliphatic heterocycles. The molecule has 0 spiro atoms. The molecule has 1 aliphatic rings. The van der Waals surface area contributed by atoms with Crippen molar-refractivity contribution in [2.45, 2.75) is 31.8 Å². The van der Waals surface area contributed by atoms with Gasteiger partial charge in [-0.05, 0) is 6.92 Å². The molecule has 0 N–H and O–H groups in total. The Morgan fingerprint density at radius 1 is 1.56 bits per heavy atom. The Morgan fingerprint density at radius 3 is 2.56 bits per heavy atom. The second-order valence-electron chi connectivity index (χ2n) is 2.49. The van der Waals surface area contributed by atoms with E-state index in [1.165, 1.54) is 0 Å². The second kappa shape index (κ2) is 2.21. The Bertz CT molecular complexity index is 103. The van der Waals surface area contributed by atoms with Gasteiger partial charge in [0.1, 0.15) is 0 Å². The summed E-state index contributed by atoms with van der Waals surface area (Å²) < 4.78 is 29.7. The zero-order valence-electron chi connectivity index (χ0n) is 5.36. The fraction of sp³-hybridized carbons (Fsp3) is 1.00. The number of halogens is 2. The minimum absolute atomic E-state index is 0.114. The average Bonchev–Trinajstić information content (AvgIpc) is 1.60. The molecule has 0 aromatic rings. The highest BCUT2D eigenvalue weighted by Crippen LogP contribution is 2.29. The minimum atomic E-state index is -2.47. The van der Waals surface area contributed by atoms with Crippen LogP contribution in [0.15, 0.2) is 0 Å². The highest BCUT2D eigenvalue weighted by Gasteiger charge is 2.34. The average molecular weight is 136 g/mol. The van der Waals surface area contributed by atoms with Gasteiger partial charge in [0, 0.05) is 12.8 Å². The summed E-state index contributed by atoms with van der Waals surface area (Å²) in [6.45, 7) is 1.88. The summed E-state index contributed by atoms with van der Waals surface area (Å²) in [7, 11) is 0. The number of ether oxygens (including phenoxy) is 1. The second-order valence-corrected chi connectivity index (χ2v) is 2.49. The predicted molar refractivity (Wildman–Crippen MR) is 29.6 cm³/mol. The lowest BCUT2D eigenvalue weighted by Crippen LogP contribution is -2.31. The van der Waals surface area contributed by atoms with E-state index in [0.717, 1.165) is 0 Å². The van der Waals surface area contributed by atoms with Crippen LogP contribution < -0.4 is 0 Å². The van der Waals surface area contributed by atoms with Gasteiger partial charge in [0.15, 0.2) is 0 Å². The van der Waals surface area contributed by atoms with Gasteiger partial charge in [-0.1, -0.05) is 0 Å². The van der Waals surface area contributed by atoms with Crippen molar-refractivity contribution in [2.24, 2.45) is 0 Å². The summed E-state index contributed by atoms with van der Waals surface area (Å²) in [5.74, 6) is -2.47. The van der Waals surface area contributed by atoms with Crippen LogP contribution in [0.2, 0.25) is 0 Å². The van der Waals surface area contributed by atoms with Crippen LogP contribution in [0.1, 0.15) is 19.8 Å². The number of alkyl halides is 2. The molecule has 0 bridgehead atoms. The van der Waals surface area contributed by atoms with Crippen molar-refractivity contribution in [3.05, 3.63) is 0 Å². The van der Waals surface area contributed by atoms with Gasteiger partial charge >= 0.3 is 0 Å². The lowest BCUT2D eigenvalue weighted by Gasteiger charge is -2.26. The maximum Gasteiger partial charge on any atom is 0.252 e. The lowest BCUT2D eigenvalue weighted by molar-refractivity contribution is -0.121. The quantitative estimate of drug-likeness (QED) is 0.493. The Kier molecular flexibility index (Phi) is 1.70. The molecule has 1 saturated heterocycles. The van der Waals surface area contributed by atoms with Crippen molar-refractivity contribution in [1.82, 2.24) is 0 Å². The van der Waals surface area contributed by atoms with Gasteiger partial charge in [0.25, 0.3) is 5.92 Å². The molecule has 9 heavy (non-hydrogen) atoms. The Hall–Kier alpha value is -0.180. The van der Waals surface area contributed by atoms with Crippen LogP contribution in [0.4, 0.5) is 8.78 Å². The van der Waals surface area contributed by atoms with Crippen LogP contribution in [0.25, 0.3) is 0 Å². The van der Waals surface area contributed by atoms with E-state index in [1.54, 1.807) is 6.92 Å². The highest BCUT2D eigenvalue weighted by molar-refractivity contribution is 4.74. The molecule has 0 aromatic carbocycles. The molecular weight excluding hydrogens is 126 g/mol. The number of hydrogen-bond donors (Lipinski definition) is 0. The Labute approximate surface area is 53.0 Å². The van der Waals surface area contributed by atoms with E-state index in [4.69, 9.17) is 4.74 Å². The molecule has 1 nitrogen and oxygen atoms in total. The van der Waals surface area contributed by atoms with Crippen LogP contribution >= 0.6 is 0 Å². The fourth-order valence-electron chi connectivity index (χ4n) is 0.991. The SMILES string of the molecule is C[C@H]1CC(F)(F)CCO1. The van der Waals surface area contributed by atoms with Crippen molar-refractivity contribution in [2.75, 3.05) is 6.61 Å². The van der Waals surface area contributed by atoms with Gasteiger partial charge in [-0.15, -0.1) is 0 Å². The summed E-state index contributed by atoms with van der Waals surface area (Å²) in [6.07, 6.45) is -0.501. The summed E-state index contributed by atoms with van der Waals surface area (Å²) in [5.41, 5.74) is 0. The first-order chi connectivity index (χ1) is 4.10. The predicted octanol–water partition coefficient (Wildman–Crippen LogP) is 1.82. The van der Waals surface area contributed by atoms with Crippen molar-refractivity contribution >= 4 is 0 Å². The van der Waals surface area contributed by atoms with Gasteiger partial charge in [0.05, 0.1) is 12.7 Å². The maximum atomic E-state index is 12.4. The van der Waals surface area contributed by atoms with Crippen LogP contribution in [0.5, 0.6) is 0 Å². The lowest BCUT2D eigenvalue weighted by atomic mass is 10.1. The van der Waals surface area contributed by atoms with E-state index in [2.05, 4.69) is 0 Å². The molecule has 0 radical (unpaired) electrons. The summed E-state index contributed by atoms with van der Waals surface area (Å²) >= 11 is 0. The smallest absolute Gasteiger partial charge is 0.252 e. The largest absolute Gasteiger partial charge is 0.378 e. The van der Waals surface area contributed by atoms with Crippen molar-refractivity contribution in [3.8, 4) is 0 Å². The van der Waals surface area contributed by atoms with Crippen molar-refractivity contribution in [1.29, 1.82) is 0 Å². The number of hydrogen-bond acceptors (Lipinski definition) is 1. The third-order valence-electron chi connectivity index (χ3n) is 1.46. The van der Waals surface area contributed by atoms with E-state index >= 15 is 0 Å². The van der Waals surface area contributed by atoms with E-state index in [-0.39, 0.29) is 25.6 Å². The van der Waals surface area contributed by atoms with E-state index < -0.39 is 5.92 Å². The fourth-order valence-corrected chi connectivity index (χ4v) is 0.991. The first kappa shape index (κ1) is 6.93.